The van der Waals surface area contributed by atoms with Gasteiger partial charge in [-0.05, 0) is 12.0 Å². The number of hydrogen-bond acceptors (Lipinski definition) is 1. The molecule has 1 aromatic carbocycles. The Balaban J connectivity index is 1.99. The van der Waals surface area contributed by atoms with Gasteiger partial charge in [0.15, 0.2) is 12.8 Å². The third-order valence-electron chi connectivity index (χ3n) is 3.10. The smallest absolute Gasteiger partial charge is 0.220 e. The van der Waals surface area contributed by atoms with Gasteiger partial charge in [-0.1, -0.05) is 37.3 Å². The second-order valence-electron chi connectivity index (χ2n) is 4.33. The van der Waals surface area contributed by atoms with Crippen LogP contribution < -0.4 is 0 Å². The molecule has 16 heavy (non-hydrogen) atoms. The lowest BCUT2D eigenvalue weighted by atomic mass is 9.99. The Morgan fingerprint density at radius 3 is 2.81 bits per heavy atom. The fourth-order valence-corrected chi connectivity index (χ4v) is 2.19. The number of carbonyl (C=O) groups is 1. The lowest BCUT2D eigenvalue weighted by Gasteiger charge is -2.02. The maximum atomic E-state index is 11.5. The van der Waals surface area contributed by atoms with Crippen molar-refractivity contribution in [1.82, 2.24) is 0 Å². The normalized spacial score (nSPS) is 19.6. The lowest BCUT2D eigenvalue weighted by molar-refractivity contribution is -0.437. The highest BCUT2D eigenvalue weighted by Gasteiger charge is 2.26. The summed E-state index contributed by atoms with van der Waals surface area (Å²) >= 11 is 0. The first-order valence-corrected chi connectivity index (χ1v) is 5.98. The molecule has 1 unspecified atom stereocenters. The first-order valence-electron chi connectivity index (χ1n) is 5.98. The van der Waals surface area contributed by atoms with Crippen molar-refractivity contribution in [3.8, 4) is 0 Å². The summed E-state index contributed by atoms with van der Waals surface area (Å²) < 4.78 is 1.88. The van der Waals surface area contributed by atoms with E-state index in [9.17, 15) is 4.79 Å². The average Bonchev–Trinajstić information content (AvgIpc) is 2.78. The third-order valence-corrected chi connectivity index (χ3v) is 3.10. The van der Waals surface area contributed by atoms with Gasteiger partial charge in [-0.15, -0.1) is 0 Å². The van der Waals surface area contributed by atoms with Crippen LogP contribution in [0.3, 0.4) is 0 Å². The van der Waals surface area contributed by atoms with Crippen LogP contribution in [0.25, 0.3) is 0 Å². The molecule has 2 heteroatoms. The minimum absolute atomic E-state index is 0.246. The molecule has 1 amide bonds. The minimum atomic E-state index is 0.246. The Bertz CT molecular complexity index is 394. The quantitative estimate of drug-likeness (QED) is 0.710. The Hall–Kier alpha value is -1.44. The highest BCUT2D eigenvalue weighted by Crippen LogP contribution is 2.15. The number of rotatable bonds is 3. The number of carbonyl (C=O) groups excluding carboxylic acids is 1. The Morgan fingerprint density at radius 1 is 1.38 bits per heavy atom. The summed E-state index contributed by atoms with van der Waals surface area (Å²) in [7, 11) is 0. The molecule has 0 spiro atoms. The highest BCUT2D eigenvalue weighted by atomic mass is 16.2. The van der Waals surface area contributed by atoms with Crippen LogP contribution in [0, 0.1) is 5.92 Å². The van der Waals surface area contributed by atoms with E-state index in [1.54, 1.807) is 0 Å². The maximum absolute atomic E-state index is 11.5. The monoisotopic (exact) mass is 216 g/mol. The number of benzene rings is 1. The summed E-state index contributed by atoms with van der Waals surface area (Å²) in [6.45, 7) is 2.81. The van der Waals surface area contributed by atoms with E-state index in [0.29, 0.717) is 12.3 Å². The first-order chi connectivity index (χ1) is 7.79. The minimum Gasteiger partial charge on any atom is -0.220 e. The molecule has 1 aliphatic rings. The predicted molar refractivity (Wildman–Crippen MR) is 64.7 cm³/mol. The highest BCUT2D eigenvalue weighted by molar-refractivity contribution is 5.73. The van der Waals surface area contributed by atoms with Crippen LogP contribution in [0.5, 0.6) is 0 Å². The summed E-state index contributed by atoms with van der Waals surface area (Å²) in [5.74, 6) is 0.772. The molecule has 1 atom stereocenters. The molecule has 84 valence electrons. The molecule has 0 aliphatic carbocycles. The van der Waals surface area contributed by atoms with Gasteiger partial charge in [-0.3, -0.25) is 0 Å². The van der Waals surface area contributed by atoms with Crippen LogP contribution in [0.15, 0.2) is 30.3 Å². The molecule has 1 aromatic rings. The molecular weight excluding hydrogens is 198 g/mol. The summed E-state index contributed by atoms with van der Waals surface area (Å²) in [6.07, 6.45) is 4.86. The molecule has 0 N–H and O–H groups in total. The second kappa shape index (κ2) is 5.06. The Morgan fingerprint density at radius 2 is 2.12 bits per heavy atom. The maximum Gasteiger partial charge on any atom is 0.386 e. The zero-order chi connectivity index (χ0) is 11.4. The number of nitrogens with zero attached hydrogens (tertiary/aromatic N) is 1. The molecule has 1 aliphatic heterocycles. The van der Waals surface area contributed by atoms with Gasteiger partial charge in [-0.25, -0.2) is 4.79 Å². The van der Waals surface area contributed by atoms with Crippen molar-refractivity contribution in [2.75, 3.05) is 6.54 Å². The van der Waals surface area contributed by atoms with Crippen molar-refractivity contribution in [3.63, 3.8) is 0 Å². The van der Waals surface area contributed by atoms with Gasteiger partial charge in [0.2, 0.25) is 0 Å². The fourth-order valence-electron chi connectivity index (χ4n) is 2.19. The third kappa shape index (κ3) is 2.57. The van der Waals surface area contributed by atoms with E-state index >= 15 is 0 Å². The van der Waals surface area contributed by atoms with E-state index in [4.69, 9.17) is 0 Å². The summed E-state index contributed by atoms with van der Waals surface area (Å²) in [5, 5.41) is 0. The van der Waals surface area contributed by atoms with Gasteiger partial charge < -0.3 is 0 Å². The predicted octanol–water partition coefficient (Wildman–Crippen LogP) is 2.27. The molecule has 0 saturated carbocycles. The topological polar surface area (TPSA) is 20.1 Å². The van der Waals surface area contributed by atoms with E-state index in [1.165, 1.54) is 5.56 Å². The van der Waals surface area contributed by atoms with Gasteiger partial charge in [0.25, 0.3) is 0 Å². The molecule has 0 bridgehead atoms. The lowest BCUT2D eigenvalue weighted by Crippen LogP contribution is -2.17. The van der Waals surface area contributed by atoms with Crippen LogP contribution in [-0.2, 0) is 11.2 Å². The number of amides is 1. The second-order valence-corrected chi connectivity index (χ2v) is 4.33. The van der Waals surface area contributed by atoms with Crippen LogP contribution in [0.4, 0.5) is 0 Å². The van der Waals surface area contributed by atoms with E-state index < -0.39 is 0 Å². The molecule has 2 nitrogen and oxygen atoms in total. The van der Waals surface area contributed by atoms with Crippen molar-refractivity contribution in [2.45, 2.75) is 26.2 Å². The zero-order valence-electron chi connectivity index (χ0n) is 9.73. The molecule has 0 saturated heterocycles. The SMILES string of the molecule is CCC(=O)[N+]1=CC(Cc2ccccc2)CC1. The number of hydrogen-bond donors (Lipinski definition) is 0. The van der Waals surface area contributed by atoms with Gasteiger partial charge >= 0.3 is 5.91 Å². The van der Waals surface area contributed by atoms with Gasteiger partial charge in [0.05, 0.1) is 6.42 Å². The van der Waals surface area contributed by atoms with Gasteiger partial charge in [-0.2, -0.15) is 4.58 Å². The van der Waals surface area contributed by atoms with Crippen LogP contribution in [-0.4, -0.2) is 23.2 Å². The fraction of sp³-hybridized carbons (Fsp3) is 0.429. The van der Waals surface area contributed by atoms with E-state index in [-0.39, 0.29) is 5.91 Å². The first kappa shape index (κ1) is 11.1. The zero-order valence-corrected chi connectivity index (χ0v) is 9.73. The van der Waals surface area contributed by atoms with Crippen LogP contribution >= 0.6 is 0 Å². The molecule has 0 fully saturated rings. The van der Waals surface area contributed by atoms with Crippen molar-refractivity contribution < 1.29 is 9.37 Å². The van der Waals surface area contributed by atoms with Crippen LogP contribution in [0.2, 0.25) is 0 Å². The molecule has 2 rings (SSSR count). The van der Waals surface area contributed by atoms with Crippen LogP contribution in [0.1, 0.15) is 25.3 Å². The van der Waals surface area contributed by atoms with Crippen molar-refractivity contribution in [3.05, 3.63) is 35.9 Å². The van der Waals surface area contributed by atoms with E-state index in [2.05, 4.69) is 30.5 Å². The largest absolute Gasteiger partial charge is 0.386 e. The average molecular weight is 216 g/mol. The van der Waals surface area contributed by atoms with Gasteiger partial charge in [0.1, 0.15) is 0 Å². The Kier molecular flexibility index (Phi) is 3.50. The van der Waals surface area contributed by atoms with Crippen molar-refractivity contribution in [2.24, 2.45) is 5.92 Å². The Labute approximate surface area is 96.6 Å². The van der Waals surface area contributed by atoms with E-state index in [1.807, 2.05) is 17.6 Å². The summed E-state index contributed by atoms with van der Waals surface area (Å²) in [6, 6.07) is 10.5. The molecular formula is C14H18NO+. The molecule has 1 heterocycles. The standard InChI is InChI=1S/C14H18NO/c1-2-14(16)15-9-8-13(11-15)10-12-6-4-3-5-7-12/h3-7,11,13H,2,8-10H2,1H3/q+1. The molecule has 0 radical (unpaired) electrons. The molecule has 0 aromatic heterocycles. The van der Waals surface area contributed by atoms with E-state index in [0.717, 1.165) is 19.4 Å². The van der Waals surface area contributed by atoms with Crippen molar-refractivity contribution >= 4 is 12.1 Å². The van der Waals surface area contributed by atoms with Gasteiger partial charge in [0, 0.05) is 12.3 Å². The van der Waals surface area contributed by atoms with Crippen molar-refractivity contribution in [1.29, 1.82) is 0 Å². The summed E-state index contributed by atoms with van der Waals surface area (Å²) in [4.78, 5) is 11.5. The summed E-state index contributed by atoms with van der Waals surface area (Å²) in [5.41, 5.74) is 1.36.